The van der Waals surface area contributed by atoms with Crippen molar-refractivity contribution in [2.75, 3.05) is 6.61 Å². The summed E-state index contributed by atoms with van der Waals surface area (Å²) in [4.78, 5) is 0. The first-order valence-electron chi connectivity index (χ1n) is 2.04. The van der Waals surface area contributed by atoms with Gasteiger partial charge in [0.1, 0.15) is 0 Å². The standard InChI is InChI=1S/C5H10O/c1-3-5(2)4-6/h3,6H,4H2,1-2H3/b5-3-. The lowest BCUT2D eigenvalue weighted by molar-refractivity contribution is 0.331. The fourth-order valence-corrected chi connectivity index (χ4v) is 0.0913. The third-order valence-electron chi connectivity index (χ3n) is 0.742. The molecule has 1 N–H and O–H groups in total. The Morgan fingerprint density at radius 1 is 1.83 bits per heavy atom. The zero-order chi connectivity index (χ0) is 4.99. The van der Waals surface area contributed by atoms with E-state index in [2.05, 4.69) is 0 Å². The average molecular weight is 86.1 g/mol. The topological polar surface area (TPSA) is 20.2 Å². The van der Waals surface area contributed by atoms with Gasteiger partial charge in [-0.1, -0.05) is 11.6 Å². The summed E-state index contributed by atoms with van der Waals surface area (Å²) in [5.74, 6) is 0. The summed E-state index contributed by atoms with van der Waals surface area (Å²) in [5.41, 5.74) is 1.02. The van der Waals surface area contributed by atoms with E-state index in [4.69, 9.17) is 5.11 Å². The second-order valence-electron chi connectivity index (χ2n) is 1.29. The summed E-state index contributed by atoms with van der Waals surface area (Å²) < 4.78 is 0. The molecule has 0 unspecified atom stereocenters. The number of hydrogen-bond donors (Lipinski definition) is 1. The molecule has 0 saturated heterocycles. The van der Waals surface area contributed by atoms with E-state index >= 15 is 0 Å². The van der Waals surface area contributed by atoms with E-state index in [9.17, 15) is 0 Å². The van der Waals surface area contributed by atoms with E-state index in [1.165, 1.54) is 0 Å². The van der Waals surface area contributed by atoms with E-state index < -0.39 is 0 Å². The third-order valence-corrected chi connectivity index (χ3v) is 0.742. The predicted octanol–water partition coefficient (Wildman–Crippen LogP) is 0.945. The van der Waals surface area contributed by atoms with Crippen molar-refractivity contribution in [3.63, 3.8) is 0 Å². The maximum absolute atomic E-state index is 8.27. The highest BCUT2D eigenvalue weighted by atomic mass is 16.3. The number of aliphatic hydroxyl groups is 1. The van der Waals surface area contributed by atoms with Crippen LogP contribution in [0.25, 0.3) is 0 Å². The molecule has 0 aliphatic carbocycles. The smallest absolute Gasteiger partial charge is 0.0638 e. The zero-order valence-corrected chi connectivity index (χ0v) is 4.23. The van der Waals surface area contributed by atoms with Gasteiger partial charge in [0.15, 0.2) is 0 Å². The van der Waals surface area contributed by atoms with Crippen LogP contribution in [0.1, 0.15) is 13.8 Å². The molecule has 6 heavy (non-hydrogen) atoms. The highest BCUT2D eigenvalue weighted by Gasteiger charge is 1.74. The van der Waals surface area contributed by atoms with Crippen molar-refractivity contribution in [2.45, 2.75) is 13.8 Å². The molecule has 0 atom stereocenters. The van der Waals surface area contributed by atoms with Gasteiger partial charge < -0.3 is 5.11 Å². The Hall–Kier alpha value is -0.300. The molecular formula is C5H10O. The van der Waals surface area contributed by atoms with Crippen molar-refractivity contribution >= 4 is 0 Å². The Balaban J connectivity index is 3.22. The second-order valence-corrected chi connectivity index (χ2v) is 1.29. The first-order chi connectivity index (χ1) is 2.81. The Morgan fingerprint density at radius 3 is 2.33 bits per heavy atom. The number of hydrogen-bond acceptors (Lipinski definition) is 1. The molecule has 0 aromatic rings. The fourth-order valence-electron chi connectivity index (χ4n) is 0.0913. The normalized spacial score (nSPS) is 12.2. The second kappa shape index (κ2) is 2.91. The lowest BCUT2D eigenvalue weighted by Gasteiger charge is -1.84. The molecule has 1 heteroatoms. The van der Waals surface area contributed by atoms with Crippen molar-refractivity contribution in [3.05, 3.63) is 11.6 Å². The largest absolute Gasteiger partial charge is 0.392 e. The van der Waals surface area contributed by atoms with E-state index in [1.807, 2.05) is 19.9 Å². The van der Waals surface area contributed by atoms with Gasteiger partial charge >= 0.3 is 0 Å². The highest BCUT2D eigenvalue weighted by molar-refractivity contribution is 4.94. The summed E-state index contributed by atoms with van der Waals surface area (Å²) in [6.45, 7) is 3.99. The van der Waals surface area contributed by atoms with E-state index in [1.54, 1.807) is 0 Å². The maximum Gasteiger partial charge on any atom is 0.0638 e. The molecule has 0 bridgehead atoms. The van der Waals surface area contributed by atoms with Crippen LogP contribution in [-0.2, 0) is 0 Å². The van der Waals surface area contributed by atoms with Crippen LogP contribution in [0, 0.1) is 0 Å². The van der Waals surface area contributed by atoms with Crippen LogP contribution in [0.4, 0.5) is 0 Å². The Bertz CT molecular complexity index is 55.0. The number of aliphatic hydroxyl groups excluding tert-OH is 1. The molecule has 0 saturated carbocycles. The van der Waals surface area contributed by atoms with Gasteiger partial charge in [-0.05, 0) is 13.8 Å². The average Bonchev–Trinajstić information content (AvgIpc) is 1.65. The van der Waals surface area contributed by atoms with Crippen molar-refractivity contribution in [1.82, 2.24) is 0 Å². The third kappa shape index (κ3) is 1.97. The fraction of sp³-hybridized carbons (Fsp3) is 0.600. The minimum atomic E-state index is 0.191. The molecule has 0 aromatic heterocycles. The van der Waals surface area contributed by atoms with E-state index in [-0.39, 0.29) is 6.61 Å². The maximum atomic E-state index is 8.27. The minimum Gasteiger partial charge on any atom is -0.392 e. The molecule has 0 heterocycles. The molecule has 0 rings (SSSR count). The molecule has 0 spiro atoms. The molecule has 0 amide bonds. The van der Waals surface area contributed by atoms with E-state index in [0.29, 0.717) is 0 Å². The zero-order valence-electron chi connectivity index (χ0n) is 4.23. The quantitative estimate of drug-likeness (QED) is 0.471. The van der Waals surface area contributed by atoms with Crippen LogP contribution in [0.2, 0.25) is 0 Å². The van der Waals surface area contributed by atoms with Gasteiger partial charge in [-0.15, -0.1) is 0 Å². The van der Waals surface area contributed by atoms with Crippen molar-refractivity contribution in [1.29, 1.82) is 0 Å². The molecular weight excluding hydrogens is 76.1 g/mol. The van der Waals surface area contributed by atoms with E-state index in [0.717, 1.165) is 5.57 Å². The summed E-state index contributed by atoms with van der Waals surface area (Å²) in [6.07, 6.45) is 1.89. The number of allylic oxidation sites excluding steroid dienone is 1. The molecule has 1 nitrogen and oxygen atoms in total. The summed E-state index contributed by atoms with van der Waals surface area (Å²) in [7, 11) is 0. The minimum absolute atomic E-state index is 0.191. The van der Waals surface area contributed by atoms with Gasteiger partial charge in [-0.2, -0.15) is 0 Å². The molecule has 0 radical (unpaired) electrons. The van der Waals surface area contributed by atoms with Crippen LogP contribution in [0.15, 0.2) is 11.6 Å². The first kappa shape index (κ1) is 5.70. The highest BCUT2D eigenvalue weighted by Crippen LogP contribution is 1.84. The first-order valence-corrected chi connectivity index (χ1v) is 2.04. The van der Waals surface area contributed by atoms with Crippen molar-refractivity contribution in [2.24, 2.45) is 0 Å². The summed E-state index contributed by atoms with van der Waals surface area (Å²) in [5, 5.41) is 8.27. The summed E-state index contributed by atoms with van der Waals surface area (Å²) in [6, 6.07) is 0. The monoisotopic (exact) mass is 86.1 g/mol. The van der Waals surface area contributed by atoms with Gasteiger partial charge in [-0.25, -0.2) is 0 Å². The molecule has 36 valence electrons. The van der Waals surface area contributed by atoms with Gasteiger partial charge in [-0.3, -0.25) is 0 Å². The molecule has 0 aliphatic rings. The molecule has 0 aromatic carbocycles. The summed E-state index contributed by atoms with van der Waals surface area (Å²) >= 11 is 0. The van der Waals surface area contributed by atoms with Crippen molar-refractivity contribution < 1.29 is 5.11 Å². The molecule has 0 aliphatic heterocycles. The van der Waals surface area contributed by atoms with Crippen LogP contribution >= 0.6 is 0 Å². The lowest BCUT2D eigenvalue weighted by Crippen LogP contribution is -1.79. The van der Waals surface area contributed by atoms with Gasteiger partial charge in [0, 0.05) is 0 Å². The number of rotatable bonds is 1. The SMILES string of the molecule is C/C=C(/C)CO. The van der Waals surface area contributed by atoms with Crippen LogP contribution in [-0.4, -0.2) is 11.7 Å². The Kier molecular flexibility index (Phi) is 2.77. The van der Waals surface area contributed by atoms with Crippen LogP contribution in [0.5, 0.6) is 0 Å². The Morgan fingerprint density at radius 2 is 2.33 bits per heavy atom. The van der Waals surface area contributed by atoms with Crippen LogP contribution < -0.4 is 0 Å². The van der Waals surface area contributed by atoms with Gasteiger partial charge in [0.05, 0.1) is 6.61 Å². The van der Waals surface area contributed by atoms with Crippen molar-refractivity contribution in [3.8, 4) is 0 Å². The Labute approximate surface area is 38.3 Å². The van der Waals surface area contributed by atoms with Gasteiger partial charge in [0.25, 0.3) is 0 Å². The lowest BCUT2D eigenvalue weighted by atomic mass is 10.3. The molecule has 0 fully saturated rings. The predicted molar refractivity (Wildman–Crippen MR) is 26.5 cm³/mol. The van der Waals surface area contributed by atoms with Crippen LogP contribution in [0.3, 0.4) is 0 Å². The van der Waals surface area contributed by atoms with Gasteiger partial charge in [0.2, 0.25) is 0 Å².